The van der Waals surface area contributed by atoms with Crippen LogP contribution in [0.5, 0.6) is 11.5 Å². The molecular weight excluding hydrogens is 247 g/mol. The van der Waals surface area contributed by atoms with Gasteiger partial charge in [0, 0.05) is 6.07 Å². The maximum absolute atomic E-state index is 13.2. The molecule has 0 atom stereocenters. The topological polar surface area (TPSA) is 46.5 Å². The quantitative estimate of drug-likeness (QED) is 0.909. The predicted octanol–water partition coefficient (Wildman–Crippen LogP) is 3.93. The van der Waals surface area contributed by atoms with Gasteiger partial charge in [-0.1, -0.05) is 18.2 Å². The summed E-state index contributed by atoms with van der Waals surface area (Å²) in [4.78, 5) is 11.2. The molecule has 0 aliphatic carbocycles. The Morgan fingerprint density at radius 1 is 1.16 bits per heavy atom. The Balaban J connectivity index is 2.49. The molecule has 0 saturated carbocycles. The fraction of sp³-hybridized carbons (Fsp3) is 0.133. The van der Waals surface area contributed by atoms with Crippen LogP contribution < -0.4 is 4.74 Å². The zero-order valence-corrected chi connectivity index (χ0v) is 10.6. The van der Waals surface area contributed by atoms with Crippen molar-refractivity contribution in [2.45, 2.75) is 13.8 Å². The van der Waals surface area contributed by atoms with Crippen molar-refractivity contribution >= 4 is 5.97 Å². The van der Waals surface area contributed by atoms with Crippen molar-refractivity contribution in [2.24, 2.45) is 0 Å². The number of carboxylic acid groups (broad SMARTS) is 1. The van der Waals surface area contributed by atoms with Crippen LogP contribution in [0.15, 0.2) is 36.4 Å². The van der Waals surface area contributed by atoms with Crippen LogP contribution in [0.3, 0.4) is 0 Å². The van der Waals surface area contributed by atoms with Gasteiger partial charge in [0.1, 0.15) is 22.9 Å². The maximum Gasteiger partial charge on any atom is 0.339 e. The van der Waals surface area contributed by atoms with Gasteiger partial charge in [-0.25, -0.2) is 9.18 Å². The number of para-hydroxylation sites is 1. The molecule has 2 aromatic rings. The highest BCUT2D eigenvalue weighted by molar-refractivity contribution is 5.91. The van der Waals surface area contributed by atoms with Crippen LogP contribution >= 0.6 is 0 Å². The molecular formula is C15H13FO3. The standard InChI is InChI=1S/C15H13FO3/c1-9-6-7-11(16)8-13(9)19-14-10(2)4-3-5-12(14)15(17)18/h3-8H,1-2H3,(H,17,18). The summed E-state index contributed by atoms with van der Waals surface area (Å²) in [5, 5.41) is 9.14. The Kier molecular flexibility index (Phi) is 3.51. The second-order valence-electron chi connectivity index (χ2n) is 4.27. The molecule has 0 aliphatic rings. The van der Waals surface area contributed by atoms with Crippen molar-refractivity contribution in [3.63, 3.8) is 0 Å². The van der Waals surface area contributed by atoms with Gasteiger partial charge in [0.25, 0.3) is 0 Å². The third kappa shape index (κ3) is 2.73. The molecule has 0 radical (unpaired) electrons. The van der Waals surface area contributed by atoms with Crippen LogP contribution in [-0.2, 0) is 0 Å². The SMILES string of the molecule is Cc1ccc(F)cc1Oc1c(C)cccc1C(=O)O. The average Bonchev–Trinajstić information content (AvgIpc) is 2.35. The fourth-order valence-electron chi connectivity index (χ4n) is 1.75. The van der Waals surface area contributed by atoms with Crippen molar-refractivity contribution in [1.29, 1.82) is 0 Å². The minimum Gasteiger partial charge on any atom is -0.478 e. The van der Waals surface area contributed by atoms with Gasteiger partial charge >= 0.3 is 5.97 Å². The number of hydrogen-bond donors (Lipinski definition) is 1. The van der Waals surface area contributed by atoms with Gasteiger partial charge in [-0.05, 0) is 37.1 Å². The van der Waals surface area contributed by atoms with Crippen molar-refractivity contribution in [1.82, 2.24) is 0 Å². The van der Waals surface area contributed by atoms with Gasteiger partial charge < -0.3 is 9.84 Å². The maximum atomic E-state index is 13.2. The van der Waals surface area contributed by atoms with Crippen LogP contribution in [0, 0.1) is 19.7 Å². The van der Waals surface area contributed by atoms with Crippen LogP contribution in [0.2, 0.25) is 0 Å². The predicted molar refractivity (Wildman–Crippen MR) is 69.3 cm³/mol. The first kappa shape index (κ1) is 13.1. The summed E-state index contributed by atoms with van der Waals surface area (Å²) in [6, 6.07) is 9.01. The van der Waals surface area contributed by atoms with Crippen LogP contribution in [-0.4, -0.2) is 11.1 Å². The minimum atomic E-state index is -1.08. The summed E-state index contributed by atoms with van der Waals surface area (Å²) in [5.74, 6) is -0.945. The second kappa shape index (κ2) is 5.10. The van der Waals surface area contributed by atoms with Crippen molar-refractivity contribution in [2.75, 3.05) is 0 Å². The summed E-state index contributed by atoms with van der Waals surface area (Å²) >= 11 is 0. The fourth-order valence-corrected chi connectivity index (χ4v) is 1.75. The summed E-state index contributed by atoms with van der Waals surface area (Å²) in [6.45, 7) is 3.52. The number of aryl methyl sites for hydroxylation is 2. The summed E-state index contributed by atoms with van der Waals surface area (Å²) in [7, 11) is 0. The van der Waals surface area contributed by atoms with E-state index in [4.69, 9.17) is 9.84 Å². The molecule has 19 heavy (non-hydrogen) atoms. The van der Waals surface area contributed by atoms with Gasteiger partial charge in [-0.15, -0.1) is 0 Å². The number of aromatic carboxylic acids is 1. The van der Waals surface area contributed by atoms with E-state index < -0.39 is 11.8 Å². The molecule has 1 N–H and O–H groups in total. The number of carbonyl (C=O) groups is 1. The van der Waals surface area contributed by atoms with Gasteiger partial charge in [-0.2, -0.15) is 0 Å². The highest BCUT2D eigenvalue weighted by atomic mass is 19.1. The molecule has 0 saturated heterocycles. The Hall–Kier alpha value is -2.36. The average molecular weight is 260 g/mol. The number of rotatable bonds is 3. The van der Waals surface area contributed by atoms with Crippen molar-refractivity contribution in [3.05, 3.63) is 58.9 Å². The number of ether oxygens (including phenoxy) is 1. The lowest BCUT2D eigenvalue weighted by molar-refractivity contribution is 0.0694. The number of hydrogen-bond acceptors (Lipinski definition) is 2. The van der Waals surface area contributed by atoms with E-state index in [9.17, 15) is 9.18 Å². The highest BCUT2D eigenvalue weighted by Gasteiger charge is 2.15. The Morgan fingerprint density at radius 3 is 2.58 bits per heavy atom. The van der Waals surface area contributed by atoms with Gasteiger partial charge in [0.15, 0.2) is 0 Å². The highest BCUT2D eigenvalue weighted by Crippen LogP contribution is 2.31. The first-order valence-electron chi connectivity index (χ1n) is 5.76. The van der Waals surface area contributed by atoms with E-state index in [1.165, 1.54) is 18.2 Å². The van der Waals surface area contributed by atoms with Gasteiger partial charge in [0.05, 0.1) is 0 Å². The molecule has 0 bridgehead atoms. The van der Waals surface area contributed by atoms with Crippen LogP contribution in [0.25, 0.3) is 0 Å². The molecule has 4 heteroatoms. The molecule has 2 rings (SSSR count). The third-order valence-corrected chi connectivity index (χ3v) is 2.80. The van der Waals surface area contributed by atoms with Crippen molar-refractivity contribution in [3.8, 4) is 11.5 Å². The van der Waals surface area contributed by atoms with E-state index in [2.05, 4.69) is 0 Å². The smallest absolute Gasteiger partial charge is 0.339 e. The molecule has 0 fully saturated rings. The number of halogens is 1. The second-order valence-corrected chi connectivity index (χ2v) is 4.27. The zero-order chi connectivity index (χ0) is 14.0. The van der Waals surface area contributed by atoms with E-state index in [1.54, 1.807) is 32.0 Å². The van der Waals surface area contributed by atoms with E-state index in [1.807, 2.05) is 0 Å². The largest absolute Gasteiger partial charge is 0.478 e. The van der Waals surface area contributed by atoms with Gasteiger partial charge in [-0.3, -0.25) is 0 Å². The van der Waals surface area contributed by atoms with Crippen LogP contribution in [0.4, 0.5) is 4.39 Å². The minimum absolute atomic E-state index is 0.0589. The van der Waals surface area contributed by atoms with E-state index >= 15 is 0 Å². The van der Waals surface area contributed by atoms with Crippen LogP contribution in [0.1, 0.15) is 21.5 Å². The summed E-state index contributed by atoms with van der Waals surface area (Å²) < 4.78 is 18.8. The van der Waals surface area contributed by atoms with Gasteiger partial charge in [0.2, 0.25) is 0 Å². The molecule has 98 valence electrons. The lowest BCUT2D eigenvalue weighted by Crippen LogP contribution is -2.02. The van der Waals surface area contributed by atoms with E-state index in [-0.39, 0.29) is 11.3 Å². The third-order valence-electron chi connectivity index (χ3n) is 2.80. The number of carboxylic acids is 1. The Morgan fingerprint density at radius 2 is 1.89 bits per heavy atom. The molecule has 0 unspecified atom stereocenters. The van der Waals surface area contributed by atoms with E-state index in [0.29, 0.717) is 11.3 Å². The lowest BCUT2D eigenvalue weighted by Gasteiger charge is -2.13. The normalized spacial score (nSPS) is 10.3. The number of benzene rings is 2. The molecule has 3 nitrogen and oxygen atoms in total. The Bertz CT molecular complexity index is 635. The monoisotopic (exact) mass is 260 g/mol. The van der Waals surface area contributed by atoms with Crippen molar-refractivity contribution < 1.29 is 19.0 Å². The molecule has 2 aromatic carbocycles. The molecule has 0 aromatic heterocycles. The molecule has 0 amide bonds. The molecule has 0 aliphatic heterocycles. The first-order valence-corrected chi connectivity index (χ1v) is 5.76. The first-order chi connectivity index (χ1) is 8.99. The molecule has 0 heterocycles. The summed E-state index contributed by atoms with van der Waals surface area (Å²) in [5.41, 5.74) is 1.48. The van der Waals surface area contributed by atoms with E-state index in [0.717, 1.165) is 5.56 Å². The Labute approximate surface area is 110 Å². The zero-order valence-electron chi connectivity index (χ0n) is 10.6. The summed E-state index contributed by atoms with van der Waals surface area (Å²) in [6.07, 6.45) is 0. The molecule has 0 spiro atoms. The lowest BCUT2D eigenvalue weighted by atomic mass is 10.1.